The van der Waals surface area contributed by atoms with Crippen LogP contribution in [0.5, 0.6) is 0 Å². The summed E-state index contributed by atoms with van der Waals surface area (Å²) in [6, 6.07) is -0.895. The number of aliphatic hydroxyl groups excluding tert-OH is 3. The third-order valence-electron chi connectivity index (χ3n) is 2.51. The monoisotopic (exact) mass is 267 g/mol. The molecule has 17 heavy (non-hydrogen) atoms. The zero-order valence-corrected chi connectivity index (χ0v) is 9.92. The van der Waals surface area contributed by atoms with Crippen molar-refractivity contribution in [2.45, 2.75) is 37.1 Å². The Bertz CT molecular complexity index is 266. The Hall–Kier alpha value is -0.380. The Morgan fingerprint density at radius 2 is 2.00 bits per heavy atom. The summed E-state index contributed by atoms with van der Waals surface area (Å²) in [7, 11) is 0. The van der Waals surface area contributed by atoms with Gasteiger partial charge in [-0.05, 0) is 12.2 Å². The molecule has 0 radical (unpaired) electrons. The van der Waals surface area contributed by atoms with Gasteiger partial charge in [-0.25, -0.2) is 0 Å². The minimum absolute atomic E-state index is 0.313. The minimum atomic E-state index is -1.36. The van der Waals surface area contributed by atoms with Crippen molar-refractivity contribution >= 4 is 17.7 Å². The molecule has 1 aliphatic heterocycles. The van der Waals surface area contributed by atoms with E-state index >= 15 is 0 Å². The van der Waals surface area contributed by atoms with Gasteiger partial charge in [0.1, 0.15) is 18.2 Å². The maximum absolute atomic E-state index is 10.4. The number of hydrogen-bond acceptors (Lipinski definition) is 7. The Morgan fingerprint density at radius 1 is 1.35 bits per heavy atom. The van der Waals surface area contributed by atoms with E-state index < -0.39 is 36.6 Å². The number of aliphatic carboxylic acids is 1. The molecule has 0 bridgehead atoms. The van der Waals surface area contributed by atoms with Gasteiger partial charge in [0.2, 0.25) is 0 Å². The summed E-state index contributed by atoms with van der Waals surface area (Å²) in [6.07, 6.45) is -4.11. The van der Waals surface area contributed by atoms with Crippen molar-refractivity contribution in [3.8, 4) is 0 Å². The molecule has 0 aromatic rings. The molecule has 7 nitrogen and oxygen atoms in total. The summed E-state index contributed by atoms with van der Waals surface area (Å²) in [6.45, 7) is 0. The van der Waals surface area contributed by atoms with E-state index in [2.05, 4.69) is 0 Å². The van der Waals surface area contributed by atoms with Crippen molar-refractivity contribution < 1.29 is 30.0 Å². The Balaban J connectivity index is 2.17. The van der Waals surface area contributed by atoms with Crippen molar-refractivity contribution in [1.29, 1.82) is 0 Å². The Kier molecular flexibility index (Phi) is 5.63. The molecule has 100 valence electrons. The molecule has 0 aromatic heterocycles. The quantitative estimate of drug-likeness (QED) is 0.348. The van der Waals surface area contributed by atoms with Gasteiger partial charge in [0.25, 0.3) is 0 Å². The summed E-state index contributed by atoms with van der Waals surface area (Å²) in [5.41, 5.74) is 5.31. The normalized spacial score (nSPS) is 34.8. The van der Waals surface area contributed by atoms with Gasteiger partial charge in [-0.2, -0.15) is 11.8 Å². The van der Waals surface area contributed by atoms with E-state index in [9.17, 15) is 15.0 Å². The van der Waals surface area contributed by atoms with Gasteiger partial charge in [0.15, 0.2) is 6.29 Å². The summed E-state index contributed by atoms with van der Waals surface area (Å²) in [4.78, 5) is 10.4. The predicted octanol–water partition coefficient (Wildman–Crippen LogP) is -2.04. The number of ether oxygens (including phenoxy) is 1. The summed E-state index contributed by atoms with van der Waals surface area (Å²) >= 11 is 1.35. The average molecular weight is 267 g/mol. The lowest BCUT2D eigenvalue weighted by atomic mass is 10.2. The van der Waals surface area contributed by atoms with Crippen LogP contribution >= 0.6 is 11.8 Å². The molecule has 0 spiro atoms. The second-order valence-corrected chi connectivity index (χ2v) is 5.00. The third-order valence-corrected chi connectivity index (χ3v) is 3.60. The Morgan fingerprint density at radius 3 is 2.47 bits per heavy atom. The van der Waals surface area contributed by atoms with Crippen molar-refractivity contribution in [3.05, 3.63) is 0 Å². The first-order chi connectivity index (χ1) is 7.93. The van der Waals surface area contributed by atoms with Crippen LogP contribution in [0.2, 0.25) is 0 Å². The summed E-state index contributed by atoms with van der Waals surface area (Å²) in [5, 5.41) is 36.3. The number of rotatable bonds is 6. The molecule has 5 atom stereocenters. The van der Waals surface area contributed by atoms with Gasteiger partial charge in [-0.1, -0.05) is 0 Å². The zero-order chi connectivity index (χ0) is 13.0. The Labute approximate surface area is 103 Å². The van der Waals surface area contributed by atoms with Crippen LogP contribution in [0.25, 0.3) is 0 Å². The molecular weight excluding hydrogens is 250 g/mol. The van der Waals surface area contributed by atoms with E-state index in [1.165, 1.54) is 11.8 Å². The number of carboxylic acids is 1. The van der Waals surface area contributed by atoms with E-state index in [0.29, 0.717) is 17.9 Å². The van der Waals surface area contributed by atoms with Gasteiger partial charge in [-0.3, -0.25) is 4.79 Å². The van der Waals surface area contributed by atoms with Crippen molar-refractivity contribution in [1.82, 2.24) is 0 Å². The van der Waals surface area contributed by atoms with Crippen LogP contribution < -0.4 is 5.73 Å². The molecule has 0 aromatic carbocycles. The second-order valence-electron chi connectivity index (χ2n) is 3.85. The molecule has 6 N–H and O–H groups in total. The first kappa shape index (κ1) is 14.7. The molecule has 1 rings (SSSR count). The number of carbonyl (C=O) groups is 1. The van der Waals surface area contributed by atoms with E-state index in [1.807, 2.05) is 0 Å². The highest BCUT2D eigenvalue weighted by Gasteiger charge is 2.41. The first-order valence-electron chi connectivity index (χ1n) is 5.19. The van der Waals surface area contributed by atoms with Gasteiger partial charge in [0, 0.05) is 5.75 Å². The van der Waals surface area contributed by atoms with Crippen molar-refractivity contribution in [2.75, 3.05) is 11.5 Å². The van der Waals surface area contributed by atoms with Crippen LogP contribution in [0.15, 0.2) is 0 Å². The lowest BCUT2D eigenvalue weighted by molar-refractivity contribution is -0.138. The van der Waals surface area contributed by atoms with Gasteiger partial charge in [0.05, 0.1) is 6.10 Å². The fourth-order valence-corrected chi connectivity index (χ4v) is 2.50. The molecule has 8 heteroatoms. The predicted molar refractivity (Wildman–Crippen MR) is 60.4 cm³/mol. The standard InChI is InChI=1S/C9H17NO6S/c10-4(8(13)14)1-2-17-3-5-6(11)7(12)9(15)16-5/h4-7,9,11-12,15H,1-3,10H2,(H,13,14)/t4-,5+,6+,7+,9+/m0/s1. The van der Waals surface area contributed by atoms with Crippen LogP contribution in [-0.4, -0.2) is 68.5 Å². The fourth-order valence-electron chi connectivity index (χ4n) is 1.40. The molecule has 1 heterocycles. The van der Waals surface area contributed by atoms with Gasteiger partial charge in [-0.15, -0.1) is 0 Å². The molecule has 0 saturated carbocycles. The summed E-state index contributed by atoms with van der Waals surface area (Å²) in [5.74, 6) is -0.179. The molecule has 1 fully saturated rings. The highest BCUT2D eigenvalue weighted by Crippen LogP contribution is 2.23. The zero-order valence-electron chi connectivity index (χ0n) is 9.10. The second kappa shape index (κ2) is 6.53. The minimum Gasteiger partial charge on any atom is -0.480 e. The number of aliphatic hydroxyl groups is 3. The van der Waals surface area contributed by atoms with E-state index in [1.54, 1.807) is 0 Å². The smallest absolute Gasteiger partial charge is 0.320 e. The maximum atomic E-state index is 10.4. The first-order valence-corrected chi connectivity index (χ1v) is 6.34. The van der Waals surface area contributed by atoms with E-state index in [-0.39, 0.29) is 0 Å². The van der Waals surface area contributed by atoms with Crippen LogP contribution in [0, 0.1) is 0 Å². The maximum Gasteiger partial charge on any atom is 0.320 e. The van der Waals surface area contributed by atoms with Crippen molar-refractivity contribution in [3.63, 3.8) is 0 Å². The third kappa shape index (κ3) is 4.09. The van der Waals surface area contributed by atoms with E-state index in [0.717, 1.165) is 0 Å². The van der Waals surface area contributed by atoms with Gasteiger partial charge < -0.3 is 30.9 Å². The largest absolute Gasteiger partial charge is 0.480 e. The van der Waals surface area contributed by atoms with Crippen LogP contribution in [0.3, 0.4) is 0 Å². The van der Waals surface area contributed by atoms with E-state index in [4.69, 9.17) is 20.7 Å². The number of hydrogen-bond donors (Lipinski definition) is 5. The molecule has 1 aliphatic rings. The summed E-state index contributed by atoms with van der Waals surface area (Å²) < 4.78 is 4.93. The highest BCUT2D eigenvalue weighted by atomic mass is 32.2. The van der Waals surface area contributed by atoms with Crippen molar-refractivity contribution in [2.24, 2.45) is 5.73 Å². The average Bonchev–Trinajstić information content (AvgIpc) is 2.52. The van der Waals surface area contributed by atoms with Gasteiger partial charge >= 0.3 is 5.97 Å². The lowest BCUT2D eigenvalue weighted by Gasteiger charge is -2.14. The molecule has 0 aliphatic carbocycles. The van der Waals surface area contributed by atoms with Crippen LogP contribution in [0.4, 0.5) is 0 Å². The molecular formula is C9H17NO6S. The molecule has 0 unspecified atom stereocenters. The van der Waals surface area contributed by atoms with Crippen LogP contribution in [-0.2, 0) is 9.53 Å². The molecule has 0 amide bonds. The number of thioether (sulfide) groups is 1. The SMILES string of the molecule is N[C@@H](CCSC[C@H]1O[C@@H](O)[C@H](O)[C@@H]1O)C(=O)O. The number of nitrogens with two attached hydrogens (primary N) is 1. The van der Waals surface area contributed by atoms with Crippen LogP contribution in [0.1, 0.15) is 6.42 Å². The molecule has 1 saturated heterocycles. The number of carboxylic acid groups (broad SMARTS) is 1. The fraction of sp³-hybridized carbons (Fsp3) is 0.889. The lowest BCUT2D eigenvalue weighted by Crippen LogP contribution is -2.33. The topological polar surface area (TPSA) is 133 Å². The highest BCUT2D eigenvalue weighted by molar-refractivity contribution is 7.99.